The lowest BCUT2D eigenvalue weighted by atomic mass is 10.4. The maximum Gasteiger partial charge on any atom is 0.168 e. The second kappa shape index (κ2) is 9.58. The van der Waals surface area contributed by atoms with Gasteiger partial charge in [-0.2, -0.15) is 0 Å². The van der Waals surface area contributed by atoms with E-state index in [2.05, 4.69) is 22.1 Å². The van der Waals surface area contributed by atoms with Gasteiger partial charge in [0.1, 0.15) is 0 Å². The first-order valence-corrected chi connectivity index (χ1v) is 6.78. The van der Waals surface area contributed by atoms with Crippen LogP contribution < -0.4 is 10.1 Å². The van der Waals surface area contributed by atoms with E-state index in [1.54, 1.807) is 6.20 Å². The molecule has 0 aliphatic heterocycles. The molecule has 5 heteroatoms. The van der Waals surface area contributed by atoms with Gasteiger partial charge in [0.15, 0.2) is 11.6 Å². The predicted molar refractivity (Wildman–Crippen MR) is 77.9 cm³/mol. The summed E-state index contributed by atoms with van der Waals surface area (Å²) in [7, 11) is 4.07. The summed E-state index contributed by atoms with van der Waals surface area (Å²) < 4.78 is 11.1. The highest BCUT2D eigenvalue weighted by molar-refractivity contribution is 5.49. The number of ether oxygens (including phenoxy) is 2. The van der Waals surface area contributed by atoms with Crippen LogP contribution in [0.15, 0.2) is 18.3 Å². The van der Waals surface area contributed by atoms with Crippen LogP contribution in [0, 0.1) is 0 Å². The zero-order valence-electron chi connectivity index (χ0n) is 12.2. The van der Waals surface area contributed by atoms with Crippen LogP contribution >= 0.6 is 0 Å². The highest BCUT2D eigenvalue weighted by Crippen LogP contribution is 2.20. The smallest absolute Gasteiger partial charge is 0.168 e. The van der Waals surface area contributed by atoms with Crippen molar-refractivity contribution in [2.75, 3.05) is 52.3 Å². The Morgan fingerprint density at radius 1 is 1.26 bits per heavy atom. The highest BCUT2D eigenvalue weighted by atomic mass is 16.5. The molecule has 0 aliphatic rings. The van der Waals surface area contributed by atoms with Crippen molar-refractivity contribution in [2.45, 2.75) is 13.3 Å². The summed E-state index contributed by atoms with van der Waals surface area (Å²) >= 11 is 0. The second-order valence-corrected chi connectivity index (χ2v) is 4.54. The molecule has 1 aromatic heterocycles. The topological polar surface area (TPSA) is 46.6 Å². The van der Waals surface area contributed by atoms with Crippen LogP contribution in [0.3, 0.4) is 0 Å². The first-order chi connectivity index (χ1) is 9.24. The maximum absolute atomic E-state index is 5.62. The van der Waals surface area contributed by atoms with E-state index in [1.165, 1.54) is 0 Å². The van der Waals surface area contributed by atoms with Gasteiger partial charge in [-0.25, -0.2) is 4.98 Å². The standard InChI is InChI=1S/C14H25N3O2/c1-4-10-19-13-6-5-7-15-14(13)16-8-11-18-12-9-17(2)3/h5-7H,4,8-12H2,1-3H3,(H,15,16). The fourth-order valence-electron chi connectivity index (χ4n) is 1.44. The van der Waals surface area contributed by atoms with Crippen molar-refractivity contribution in [1.29, 1.82) is 0 Å². The summed E-state index contributed by atoms with van der Waals surface area (Å²) in [6.45, 7) is 5.87. The van der Waals surface area contributed by atoms with Crippen LogP contribution in [0.5, 0.6) is 5.75 Å². The second-order valence-electron chi connectivity index (χ2n) is 4.54. The molecule has 0 amide bonds. The molecule has 19 heavy (non-hydrogen) atoms. The molecule has 0 spiro atoms. The summed E-state index contributed by atoms with van der Waals surface area (Å²) in [6.07, 6.45) is 2.75. The van der Waals surface area contributed by atoms with Crippen molar-refractivity contribution in [3.8, 4) is 5.75 Å². The Hall–Kier alpha value is -1.33. The number of nitrogens with zero attached hydrogens (tertiary/aromatic N) is 2. The van der Waals surface area contributed by atoms with Gasteiger partial charge >= 0.3 is 0 Å². The molecule has 108 valence electrons. The van der Waals surface area contributed by atoms with Crippen molar-refractivity contribution in [2.24, 2.45) is 0 Å². The third-order valence-electron chi connectivity index (χ3n) is 2.45. The first kappa shape index (κ1) is 15.7. The number of rotatable bonds is 10. The van der Waals surface area contributed by atoms with Gasteiger partial charge in [-0.05, 0) is 32.6 Å². The van der Waals surface area contributed by atoms with E-state index in [4.69, 9.17) is 9.47 Å². The Morgan fingerprint density at radius 2 is 2.11 bits per heavy atom. The third-order valence-corrected chi connectivity index (χ3v) is 2.45. The Labute approximate surface area is 115 Å². The van der Waals surface area contributed by atoms with Crippen molar-refractivity contribution in [1.82, 2.24) is 9.88 Å². The number of anilines is 1. The van der Waals surface area contributed by atoms with E-state index < -0.39 is 0 Å². The van der Waals surface area contributed by atoms with Gasteiger partial charge in [0.2, 0.25) is 0 Å². The average molecular weight is 267 g/mol. The van der Waals surface area contributed by atoms with E-state index in [-0.39, 0.29) is 0 Å². The number of hydrogen-bond acceptors (Lipinski definition) is 5. The van der Waals surface area contributed by atoms with E-state index in [1.807, 2.05) is 26.2 Å². The summed E-state index contributed by atoms with van der Waals surface area (Å²) in [5.74, 6) is 1.59. The van der Waals surface area contributed by atoms with E-state index in [0.717, 1.165) is 37.7 Å². The zero-order valence-corrected chi connectivity index (χ0v) is 12.2. The summed E-state index contributed by atoms with van der Waals surface area (Å²) in [5.41, 5.74) is 0. The monoisotopic (exact) mass is 267 g/mol. The number of nitrogens with one attached hydrogen (secondary N) is 1. The van der Waals surface area contributed by atoms with Gasteiger partial charge in [-0.1, -0.05) is 6.92 Å². The molecule has 0 atom stereocenters. The zero-order chi connectivity index (χ0) is 13.9. The molecule has 1 heterocycles. The SMILES string of the molecule is CCCOc1cccnc1NCCOCCN(C)C. The molecule has 0 saturated heterocycles. The summed E-state index contributed by atoms with van der Waals surface area (Å²) in [6, 6.07) is 3.81. The molecular formula is C14H25N3O2. The predicted octanol–water partition coefficient (Wildman–Crippen LogP) is 1.86. The highest BCUT2D eigenvalue weighted by Gasteiger charge is 2.03. The quantitative estimate of drug-likeness (QED) is 0.656. The molecule has 0 bridgehead atoms. The minimum atomic E-state index is 0.664. The Bertz CT molecular complexity index is 345. The molecule has 5 nitrogen and oxygen atoms in total. The van der Waals surface area contributed by atoms with E-state index in [9.17, 15) is 0 Å². The van der Waals surface area contributed by atoms with Gasteiger partial charge < -0.3 is 19.7 Å². The number of likely N-dealkylation sites (N-methyl/N-ethyl adjacent to an activating group) is 1. The molecule has 1 aromatic rings. The van der Waals surface area contributed by atoms with Gasteiger partial charge in [0, 0.05) is 19.3 Å². The largest absolute Gasteiger partial charge is 0.490 e. The summed E-state index contributed by atoms with van der Waals surface area (Å²) in [5, 5.41) is 3.24. The van der Waals surface area contributed by atoms with Crippen LogP contribution in [0.1, 0.15) is 13.3 Å². The van der Waals surface area contributed by atoms with Crippen molar-refractivity contribution in [3.05, 3.63) is 18.3 Å². The van der Waals surface area contributed by atoms with Crippen LogP contribution in [0.4, 0.5) is 5.82 Å². The molecule has 0 radical (unpaired) electrons. The minimum absolute atomic E-state index is 0.664. The lowest BCUT2D eigenvalue weighted by Crippen LogP contribution is -2.20. The Balaban J connectivity index is 2.24. The normalized spacial score (nSPS) is 10.7. The fraction of sp³-hybridized carbons (Fsp3) is 0.643. The third kappa shape index (κ3) is 6.98. The van der Waals surface area contributed by atoms with Gasteiger partial charge in [-0.3, -0.25) is 0 Å². The van der Waals surface area contributed by atoms with Crippen molar-refractivity contribution in [3.63, 3.8) is 0 Å². The van der Waals surface area contributed by atoms with Crippen molar-refractivity contribution >= 4 is 5.82 Å². The lowest BCUT2D eigenvalue weighted by Gasteiger charge is -2.12. The van der Waals surface area contributed by atoms with E-state index >= 15 is 0 Å². The molecule has 1 N–H and O–H groups in total. The molecule has 0 aliphatic carbocycles. The van der Waals surface area contributed by atoms with Gasteiger partial charge in [0.25, 0.3) is 0 Å². The Kier molecular flexibility index (Phi) is 7.93. The maximum atomic E-state index is 5.62. The lowest BCUT2D eigenvalue weighted by molar-refractivity contribution is 0.126. The number of hydrogen-bond donors (Lipinski definition) is 1. The molecule has 0 aromatic carbocycles. The first-order valence-electron chi connectivity index (χ1n) is 6.78. The summed E-state index contributed by atoms with van der Waals surface area (Å²) in [4.78, 5) is 6.38. The van der Waals surface area contributed by atoms with Crippen LogP contribution in [-0.4, -0.2) is 56.9 Å². The van der Waals surface area contributed by atoms with Crippen LogP contribution in [-0.2, 0) is 4.74 Å². The number of pyridine rings is 1. The molecule has 0 fully saturated rings. The molecular weight excluding hydrogens is 242 g/mol. The average Bonchev–Trinajstić information content (AvgIpc) is 2.41. The number of aromatic nitrogens is 1. The van der Waals surface area contributed by atoms with Crippen molar-refractivity contribution < 1.29 is 9.47 Å². The van der Waals surface area contributed by atoms with Gasteiger partial charge in [0.05, 0.1) is 19.8 Å². The van der Waals surface area contributed by atoms with Crippen LogP contribution in [0.2, 0.25) is 0 Å². The van der Waals surface area contributed by atoms with Gasteiger partial charge in [-0.15, -0.1) is 0 Å². The van der Waals surface area contributed by atoms with Crippen LogP contribution in [0.25, 0.3) is 0 Å². The Morgan fingerprint density at radius 3 is 2.84 bits per heavy atom. The minimum Gasteiger partial charge on any atom is -0.490 e. The van der Waals surface area contributed by atoms with E-state index in [0.29, 0.717) is 13.2 Å². The molecule has 0 saturated carbocycles. The molecule has 1 rings (SSSR count). The molecule has 0 unspecified atom stereocenters. The fourth-order valence-corrected chi connectivity index (χ4v) is 1.44.